The van der Waals surface area contributed by atoms with Crippen molar-refractivity contribution < 1.29 is 0 Å². The maximum Gasteiger partial charge on any atom is 0.329 e. The zero-order valence-corrected chi connectivity index (χ0v) is 16.9. The fraction of sp³-hybridized carbons (Fsp3) is 0.429. The number of hydrogen-bond donors (Lipinski definition) is 2. The Balaban J connectivity index is 1.79. The van der Waals surface area contributed by atoms with Gasteiger partial charge in [0.1, 0.15) is 0 Å². The Morgan fingerprint density at radius 2 is 2.07 bits per heavy atom. The lowest BCUT2D eigenvalue weighted by atomic mass is 10.0. The highest BCUT2D eigenvalue weighted by molar-refractivity contribution is 5.75. The molecule has 0 bridgehead atoms. The summed E-state index contributed by atoms with van der Waals surface area (Å²) >= 11 is 0. The van der Waals surface area contributed by atoms with E-state index in [0.717, 1.165) is 31.6 Å². The molecule has 3 unspecified atom stereocenters. The van der Waals surface area contributed by atoms with Crippen molar-refractivity contribution in [3.05, 3.63) is 56.2 Å². The van der Waals surface area contributed by atoms with Gasteiger partial charge in [-0.25, -0.2) is 4.79 Å². The van der Waals surface area contributed by atoms with Crippen molar-refractivity contribution in [1.29, 1.82) is 5.26 Å². The number of aromatic amines is 1. The predicted molar refractivity (Wildman–Crippen MR) is 113 cm³/mol. The highest BCUT2D eigenvalue weighted by atomic mass is 16.2. The molecule has 0 radical (unpaired) electrons. The highest BCUT2D eigenvalue weighted by Gasteiger charge is 2.40. The van der Waals surface area contributed by atoms with Gasteiger partial charge in [0.25, 0.3) is 5.56 Å². The molecule has 1 aromatic carbocycles. The number of fused-ring (bicyclic) bond motifs is 2. The van der Waals surface area contributed by atoms with Gasteiger partial charge in [-0.2, -0.15) is 10.2 Å². The first kappa shape index (κ1) is 18.6. The smallest absolute Gasteiger partial charge is 0.329 e. The van der Waals surface area contributed by atoms with Gasteiger partial charge in [-0.1, -0.05) is 18.2 Å². The van der Waals surface area contributed by atoms with Crippen molar-refractivity contribution >= 4 is 17.1 Å². The minimum atomic E-state index is -0.490. The zero-order valence-electron chi connectivity index (χ0n) is 16.9. The van der Waals surface area contributed by atoms with Crippen molar-refractivity contribution in [1.82, 2.24) is 24.4 Å². The van der Waals surface area contributed by atoms with Crippen LogP contribution in [0.3, 0.4) is 0 Å². The van der Waals surface area contributed by atoms with E-state index in [1.807, 2.05) is 29.7 Å². The van der Waals surface area contributed by atoms with Gasteiger partial charge in [0.15, 0.2) is 11.2 Å². The molecule has 9 heteroatoms. The standard InChI is InChI=1S/C21H23N7O2/c1-12(15-6-4-3-5-13(15)9-22)28-17-18(26(2)21(30)25-19(17)29)24-20(28)27-8-7-14-10-23-11-16(14)27/h3-6,12,14,16,23H,7-8,10-11H2,1-2H3,(H,25,29,30). The molecule has 30 heavy (non-hydrogen) atoms. The van der Waals surface area contributed by atoms with E-state index in [9.17, 15) is 14.9 Å². The molecular formula is C21H23N7O2. The molecule has 154 valence electrons. The van der Waals surface area contributed by atoms with Crippen LogP contribution in [0.15, 0.2) is 33.9 Å². The SMILES string of the molecule is CC(c1ccccc1C#N)n1c(N2CCC3CNCC32)nc2c1c(=O)[nH]c(=O)n2C. The first-order valence-electron chi connectivity index (χ1n) is 10.2. The number of nitrogens with zero attached hydrogens (tertiary/aromatic N) is 5. The second-order valence-corrected chi connectivity index (χ2v) is 8.12. The number of aryl methyl sites for hydroxylation is 1. The molecule has 0 amide bonds. The topological polar surface area (TPSA) is 112 Å². The van der Waals surface area contributed by atoms with Gasteiger partial charge in [-0.05, 0) is 30.9 Å². The molecule has 2 aliphatic rings. The Labute approximate surface area is 172 Å². The van der Waals surface area contributed by atoms with Gasteiger partial charge in [0.05, 0.1) is 17.7 Å². The average molecular weight is 405 g/mol. The van der Waals surface area contributed by atoms with Crippen molar-refractivity contribution in [3.8, 4) is 6.07 Å². The lowest BCUT2D eigenvalue weighted by Crippen LogP contribution is -2.36. The molecule has 3 aromatic rings. The van der Waals surface area contributed by atoms with E-state index in [2.05, 4.69) is 21.3 Å². The Kier molecular flexibility index (Phi) is 4.25. The van der Waals surface area contributed by atoms with Crippen LogP contribution in [0.4, 0.5) is 5.95 Å². The lowest BCUT2D eigenvalue weighted by Gasteiger charge is -2.28. The van der Waals surface area contributed by atoms with Crippen molar-refractivity contribution in [2.75, 3.05) is 24.5 Å². The molecule has 2 aromatic heterocycles. The van der Waals surface area contributed by atoms with Crippen LogP contribution in [0.5, 0.6) is 0 Å². The van der Waals surface area contributed by atoms with E-state index in [1.54, 1.807) is 13.1 Å². The van der Waals surface area contributed by atoms with Crippen LogP contribution in [-0.4, -0.2) is 44.8 Å². The maximum atomic E-state index is 12.9. The number of H-pyrrole nitrogens is 1. The second-order valence-electron chi connectivity index (χ2n) is 8.12. The van der Waals surface area contributed by atoms with E-state index >= 15 is 0 Å². The fourth-order valence-corrected chi connectivity index (χ4v) is 4.96. The molecule has 9 nitrogen and oxygen atoms in total. The van der Waals surface area contributed by atoms with Gasteiger partial charge < -0.3 is 10.2 Å². The Hall–Kier alpha value is -3.38. The minimum Gasteiger partial charge on any atom is -0.338 e. The molecule has 2 aliphatic heterocycles. The fourth-order valence-electron chi connectivity index (χ4n) is 4.96. The summed E-state index contributed by atoms with van der Waals surface area (Å²) in [4.78, 5) is 34.6. The summed E-state index contributed by atoms with van der Waals surface area (Å²) in [6.07, 6.45) is 1.05. The maximum absolute atomic E-state index is 12.9. The first-order valence-corrected chi connectivity index (χ1v) is 10.2. The minimum absolute atomic E-state index is 0.301. The van der Waals surface area contributed by atoms with Crippen LogP contribution in [-0.2, 0) is 7.05 Å². The van der Waals surface area contributed by atoms with Gasteiger partial charge in [0.2, 0.25) is 5.95 Å². The Morgan fingerprint density at radius 1 is 1.27 bits per heavy atom. The second kappa shape index (κ2) is 6.85. The monoisotopic (exact) mass is 405 g/mol. The van der Waals surface area contributed by atoms with Crippen LogP contribution in [0.25, 0.3) is 11.2 Å². The third kappa shape index (κ3) is 2.60. The molecule has 2 N–H and O–H groups in total. The van der Waals surface area contributed by atoms with Crippen molar-refractivity contribution in [2.24, 2.45) is 13.0 Å². The molecule has 2 saturated heterocycles. The van der Waals surface area contributed by atoms with E-state index in [4.69, 9.17) is 4.98 Å². The molecular weight excluding hydrogens is 382 g/mol. The molecule has 3 atom stereocenters. The number of nitriles is 1. The summed E-state index contributed by atoms with van der Waals surface area (Å²) in [6, 6.07) is 9.63. The number of hydrogen-bond acceptors (Lipinski definition) is 6. The highest BCUT2D eigenvalue weighted by Crippen LogP contribution is 2.36. The molecule has 0 aliphatic carbocycles. The number of anilines is 1. The van der Waals surface area contributed by atoms with Crippen LogP contribution in [0.1, 0.15) is 30.5 Å². The number of aromatic nitrogens is 4. The molecule has 0 saturated carbocycles. The summed E-state index contributed by atoms with van der Waals surface area (Å²) in [7, 11) is 1.61. The van der Waals surface area contributed by atoms with E-state index in [1.165, 1.54) is 4.57 Å². The summed E-state index contributed by atoms with van der Waals surface area (Å²) in [5, 5.41) is 13.1. The summed E-state index contributed by atoms with van der Waals surface area (Å²) in [5.74, 6) is 1.22. The van der Waals surface area contributed by atoms with E-state index in [-0.39, 0.29) is 6.04 Å². The normalized spacial score (nSPS) is 21.7. The number of nitrogens with one attached hydrogen (secondary N) is 2. The average Bonchev–Trinajstić information content (AvgIpc) is 3.45. The third-order valence-electron chi connectivity index (χ3n) is 6.55. The third-order valence-corrected chi connectivity index (χ3v) is 6.55. The van der Waals surface area contributed by atoms with E-state index in [0.29, 0.717) is 34.6 Å². The van der Waals surface area contributed by atoms with Crippen LogP contribution < -0.4 is 21.5 Å². The lowest BCUT2D eigenvalue weighted by molar-refractivity contribution is 0.565. The van der Waals surface area contributed by atoms with Gasteiger partial charge in [0, 0.05) is 32.7 Å². The van der Waals surface area contributed by atoms with Crippen molar-refractivity contribution in [2.45, 2.75) is 25.4 Å². The van der Waals surface area contributed by atoms with Crippen LogP contribution >= 0.6 is 0 Å². The number of benzene rings is 1. The zero-order chi connectivity index (χ0) is 21.0. The first-order chi connectivity index (χ1) is 14.5. The number of rotatable bonds is 3. The van der Waals surface area contributed by atoms with Crippen LogP contribution in [0, 0.1) is 17.2 Å². The van der Waals surface area contributed by atoms with E-state index < -0.39 is 11.2 Å². The molecule has 4 heterocycles. The summed E-state index contributed by atoms with van der Waals surface area (Å²) < 4.78 is 3.27. The van der Waals surface area contributed by atoms with Crippen LogP contribution in [0.2, 0.25) is 0 Å². The Morgan fingerprint density at radius 3 is 2.87 bits per heavy atom. The Bertz CT molecular complexity index is 1300. The largest absolute Gasteiger partial charge is 0.338 e. The molecule has 0 spiro atoms. The molecule has 2 fully saturated rings. The van der Waals surface area contributed by atoms with Gasteiger partial charge in [-0.15, -0.1) is 0 Å². The summed E-state index contributed by atoms with van der Waals surface area (Å²) in [5.41, 5.74) is 1.12. The van der Waals surface area contributed by atoms with Gasteiger partial charge >= 0.3 is 5.69 Å². The quantitative estimate of drug-likeness (QED) is 0.664. The number of imidazole rings is 1. The molecule has 5 rings (SSSR count). The van der Waals surface area contributed by atoms with Crippen molar-refractivity contribution in [3.63, 3.8) is 0 Å². The summed E-state index contributed by atoms with van der Waals surface area (Å²) in [6.45, 7) is 4.66. The predicted octanol–water partition coefficient (Wildman–Crippen LogP) is 0.702. The van der Waals surface area contributed by atoms with Gasteiger partial charge in [-0.3, -0.25) is 18.9 Å².